The largest absolute Gasteiger partial charge is 0.397 e. The summed E-state index contributed by atoms with van der Waals surface area (Å²) in [4.78, 5) is 4.17. The molecular weight excluding hydrogens is 302 g/mol. The van der Waals surface area contributed by atoms with Crippen molar-refractivity contribution in [1.82, 2.24) is 4.98 Å². The maximum absolute atomic E-state index is 5.98. The molecule has 4 heteroatoms. The van der Waals surface area contributed by atoms with Crippen LogP contribution in [0.4, 0.5) is 17.1 Å². The lowest BCUT2D eigenvalue weighted by atomic mass is 10.1. The number of benzene rings is 2. The Labute approximate surface area is 119 Å². The van der Waals surface area contributed by atoms with Gasteiger partial charge < -0.3 is 11.1 Å². The van der Waals surface area contributed by atoms with Crippen LogP contribution in [0.1, 0.15) is 0 Å². The lowest BCUT2D eigenvalue weighted by molar-refractivity contribution is 1.36. The first-order valence-corrected chi connectivity index (χ1v) is 6.68. The highest BCUT2D eigenvalue weighted by Gasteiger charge is 2.04. The van der Waals surface area contributed by atoms with Gasteiger partial charge in [-0.3, -0.25) is 4.98 Å². The van der Waals surface area contributed by atoms with E-state index in [2.05, 4.69) is 32.3 Å². The van der Waals surface area contributed by atoms with E-state index < -0.39 is 0 Å². The first-order valence-electron chi connectivity index (χ1n) is 5.89. The zero-order valence-corrected chi connectivity index (χ0v) is 11.7. The Morgan fingerprint density at radius 1 is 1.05 bits per heavy atom. The minimum absolute atomic E-state index is 0.712. The van der Waals surface area contributed by atoms with Gasteiger partial charge in [0.2, 0.25) is 0 Å². The lowest BCUT2D eigenvalue weighted by Gasteiger charge is -2.12. The molecule has 1 aromatic heterocycles. The minimum atomic E-state index is 0.712. The second-order valence-electron chi connectivity index (χ2n) is 4.26. The highest BCUT2D eigenvalue weighted by molar-refractivity contribution is 9.10. The highest BCUT2D eigenvalue weighted by Crippen LogP contribution is 2.30. The van der Waals surface area contributed by atoms with Gasteiger partial charge in [0, 0.05) is 27.9 Å². The van der Waals surface area contributed by atoms with Crippen molar-refractivity contribution in [2.75, 3.05) is 11.1 Å². The number of halogens is 1. The quantitative estimate of drug-likeness (QED) is 0.693. The zero-order valence-electron chi connectivity index (χ0n) is 10.1. The number of nitrogens with zero attached hydrogens (tertiary/aromatic N) is 1. The van der Waals surface area contributed by atoms with Crippen LogP contribution in [0.5, 0.6) is 0 Å². The molecule has 0 aliphatic rings. The summed E-state index contributed by atoms with van der Waals surface area (Å²) in [5, 5.41) is 5.58. The number of nitrogen functional groups attached to an aromatic ring is 1. The summed E-state index contributed by atoms with van der Waals surface area (Å²) in [6, 6.07) is 13.8. The number of aromatic nitrogens is 1. The third kappa shape index (κ3) is 2.39. The molecule has 0 unspecified atom stereocenters. The number of pyridine rings is 1. The van der Waals surface area contributed by atoms with Gasteiger partial charge in [-0.05, 0) is 35.7 Å². The summed E-state index contributed by atoms with van der Waals surface area (Å²) >= 11 is 3.45. The zero-order chi connectivity index (χ0) is 13.2. The standard InChI is InChI=1S/C15H12BrN3/c16-11-4-5-13(17)15(8-11)19-14-3-1-2-10-6-7-18-9-12(10)14/h1-9,19H,17H2. The summed E-state index contributed by atoms with van der Waals surface area (Å²) < 4.78 is 0.988. The Kier molecular flexibility index (Phi) is 3.09. The van der Waals surface area contributed by atoms with Gasteiger partial charge in [-0.25, -0.2) is 0 Å². The molecule has 0 aliphatic carbocycles. The van der Waals surface area contributed by atoms with E-state index in [0.29, 0.717) is 5.69 Å². The van der Waals surface area contributed by atoms with Crippen molar-refractivity contribution >= 4 is 43.8 Å². The van der Waals surface area contributed by atoms with Gasteiger partial charge in [0.25, 0.3) is 0 Å². The Bertz CT molecular complexity index is 735. The van der Waals surface area contributed by atoms with E-state index in [4.69, 9.17) is 5.73 Å². The molecule has 0 saturated heterocycles. The number of fused-ring (bicyclic) bond motifs is 1. The second kappa shape index (κ2) is 4.90. The first kappa shape index (κ1) is 12.0. The van der Waals surface area contributed by atoms with Crippen LogP contribution in [-0.2, 0) is 0 Å². The van der Waals surface area contributed by atoms with Crippen molar-refractivity contribution in [3.05, 3.63) is 59.3 Å². The average Bonchev–Trinajstić information content (AvgIpc) is 2.43. The Morgan fingerprint density at radius 2 is 1.95 bits per heavy atom. The highest BCUT2D eigenvalue weighted by atomic mass is 79.9. The van der Waals surface area contributed by atoms with Crippen molar-refractivity contribution in [1.29, 1.82) is 0 Å². The van der Waals surface area contributed by atoms with Crippen LogP contribution in [0.2, 0.25) is 0 Å². The summed E-state index contributed by atoms with van der Waals surface area (Å²) in [7, 11) is 0. The van der Waals surface area contributed by atoms with Gasteiger partial charge in [-0.15, -0.1) is 0 Å². The molecular formula is C15H12BrN3. The van der Waals surface area contributed by atoms with Crippen LogP contribution in [0, 0.1) is 0 Å². The fourth-order valence-electron chi connectivity index (χ4n) is 2.00. The maximum atomic E-state index is 5.98. The molecule has 3 aromatic rings. The summed E-state index contributed by atoms with van der Waals surface area (Å²) in [5.74, 6) is 0. The number of nitrogens with two attached hydrogens (primary N) is 1. The number of nitrogens with one attached hydrogen (secondary N) is 1. The molecule has 0 radical (unpaired) electrons. The van der Waals surface area contributed by atoms with Gasteiger partial charge >= 0.3 is 0 Å². The Morgan fingerprint density at radius 3 is 2.84 bits per heavy atom. The molecule has 0 aliphatic heterocycles. The van der Waals surface area contributed by atoms with Crippen molar-refractivity contribution in [3.8, 4) is 0 Å². The second-order valence-corrected chi connectivity index (χ2v) is 5.17. The summed E-state index contributed by atoms with van der Waals surface area (Å²) in [5.41, 5.74) is 8.57. The van der Waals surface area contributed by atoms with Gasteiger partial charge in [-0.2, -0.15) is 0 Å². The van der Waals surface area contributed by atoms with Crippen LogP contribution in [0.25, 0.3) is 10.8 Å². The molecule has 0 fully saturated rings. The van der Waals surface area contributed by atoms with Crippen molar-refractivity contribution in [2.24, 2.45) is 0 Å². The van der Waals surface area contributed by atoms with Crippen molar-refractivity contribution < 1.29 is 0 Å². The monoisotopic (exact) mass is 313 g/mol. The molecule has 19 heavy (non-hydrogen) atoms. The van der Waals surface area contributed by atoms with Gasteiger partial charge in [0.05, 0.1) is 11.4 Å². The molecule has 3 N–H and O–H groups in total. The van der Waals surface area contributed by atoms with E-state index in [1.165, 1.54) is 0 Å². The maximum Gasteiger partial charge on any atom is 0.0629 e. The van der Waals surface area contributed by atoms with Crippen LogP contribution in [-0.4, -0.2) is 4.98 Å². The molecule has 2 aromatic carbocycles. The third-order valence-electron chi connectivity index (χ3n) is 2.97. The van der Waals surface area contributed by atoms with Gasteiger partial charge in [0.1, 0.15) is 0 Å². The van der Waals surface area contributed by atoms with Crippen molar-refractivity contribution in [2.45, 2.75) is 0 Å². The molecule has 94 valence electrons. The van der Waals surface area contributed by atoms with E-state index in [1.807, 2.05) is 42.6 Å². The summed E-state index contributed by atoms with van der Waals surface area (Å²) in [6.45, 7) is 0. The average molecular weight is 314 g/mol. The molecule has 3 rings (SSSR count). The van der Waals surface area contributed by atoms with Crippen molar-refractivity contribution in [3.63, 3.8) is 0 Å². The molecule has 0 amide bonds. The number of rotatable bonds is 2. The number of hydrogen-bond donors (Lipinski definition) is 2. The fraction of sp³-hybridized carbons (Fsp3) is 0. The first-order chi connectivity index (χ1) is 9.24. The molecule has 1 heterocycles. The van der Waals surface area contributed by atoms with Crippen LogP contribution < -0.4 is 11.1 Å². The molecule has 0 bridgehead atoms. The van der Waals surface area contributed by atoms with Gasteiger partial charge in [-0.1, -0.05) is 28.1 Å². The Balaban J connectivity index is 2.08. The minimum Gasteiger partial charge on any atom is -0.397 e. The smallest absolute Gasteiger partial charge is 0.0629 e. The van der Waals surface area contributed by atoms with E-state index in [1.54, 1.807) is 6.20 Å². The molecule has 0 spiro atoms. The topological polar surface area (TPSA) is 50.9 Å². The van der Waals surface area contributed by atoms with Gasteiger partial charge in [0.15, 0.2) is 0 Å². The van der Waals surface area contributed by atoms with Crippen LogP contribution in [0.15, 0.2) is 59.3 Å². The Hall–Kier alpha value is -2.07. The predicted molar refractivity (Wildman–Crippen MR) is 83.6 cm³/mol. The predicted octanol–water partition coefficient (Wildman–Crippen LogP) is 4.32. The SMILES string of the molecule is Nc1ccc(Br)cc1Nc1cccc2ccncc12. The fourth-order valence-corrected chi connectivity index (χ4v) is 2.37. The molecule has 0 saturated carbocycles. The normalized spacial score (nSPS) is 10.6. The number of anilines is 3. The van der Waals surface area contributed by atoms with E-state index in [9.17, 15) is 0 Å². The van der Waals surface area contributed by atoms with E-state index >= 15 is 0 Å². The van der Waals surface area contributed by atoms with Crippen LogP contribution >= 0.6 is 15.9 Å². The van der Waals surface area contributed by atoms with E-state index in [0.717, 1.165) is 26.6 Å². The lowest BCUT2D eigenvalue weighted by Crippen LogP contribution is -1.97. The van der Waals surface area contributed by atoms with E-state index in [-0.39, 0.29) is 0 Å². The summed E-state index contributed by atoms with van der Waals surface area (Å²) in [6.07, 6.45) is 3.64. The van der Waals surface area contributed by atoms with Crippen LogP contribution in [0.3, 0.4) is 0 Å². The number of hydrogen-bond acceptors (Lipinski definition) is 3. The molecule has 3 nitrogen and oxygen atoms in total. The molecule has 0 atom stereocenters. The third-order valence-corrected chi connectivity index (χ3v) is 3.46.